The van der Waals surface area contributed by atoms with E-state index in [1.165, 1.54) is 63.4 Å². The molecule has 32 heavy (non-hydrogen) atoms. The lowest BCUT2D eigenvalue weighted by atomic mass is 9.77. The molecular weight excluding hydrogens is 393 g/mol. The van der Waals surface area contributed by atoms with Crippen molar-refractivity contribution < 1.29 is 9.31 Å². The molecule has 0 radical (unpaired) electrons. The molecule has 0 saturated carbocycles. The topological polar surface area (TPSA) is 30.5 Å². The van der Waals surface area contributed by atoms with Crippen molar-refractivity contribution in [3.05, 3.63) is 54.1 Å². The minimum absolute atomic E-state index is 0.345. The molecule has 1 aliphatic heterocycles. The van der Waals surface area contributed by atoms with E-state index in [1.54, 1.807) is 0 Å². The number of anilines is 2. The summed E-state index contributed by atoms with van der Waals surface area (Å²) in [6.45, 7) is 10.6. The van der Waals surface area contributed by atoms with E-state index in [0.717, 1.165) is 16.8 Å². The second-order valence-electron chi connectivity index (χ2n) is 10.2. The number of rotatable bonds is 12. The first kappa shape index (κ1) is 24.9. The first-order valence-corrected chi connectivity index (χ1v) is 12.6. The van der Waals surface area contributed by atoms with Crippen LogP contribution < -0.4 is 10.8 Å². The highest BCUT2D eigenvalue weighted by Gasteiger charge is 2.52. The highest BCUT2D eigenvalue weighted by Crippen LogP contribution is 2.37. The van der Waals surface area contributed by atoms with Gasteiger partial charge in [-0.1, -0.05) is 82.2 Å². The molecule has 4 heteroatoms. The van der Waals surface area contributed by atoms with Crippen LogP contribution >= 0.6 is 0 Å². The third-order valence-electron chi connectivity index (χ3n) is 7.02. The minimum atomic E-state index is -0.370. The van der Waals surface area contributed by atoms with Crippen molar-refractivity contribution in [1.82, 2.24) is 0 Å². The summed E-state index contributed by atoms with van der Waals surface area (Å²) in [7, 11) is -0.370. The fraction of sp³-hybridized carbons (Fsp3) is 0.571. The van der Waals surface area contributed by atoms with Crippen LogP contribution in [-0.2, 0) is 15.7 Å². The maximum Gasteiger partial charge on any atom is 0.496 e. The first-order chi connectivity index (χ1) is 15.3. The normalized spacial score (nSPS) is 17.0. The molecule has 2 aromatic carbocycles. The summed E-state index contributed by atoms with van der Waals surface area (Å²) in [6.07, 6.45) is 12.1. The lowest BCUT2D eigenvalue weighted by molar-refractivity contribution is 0.00578. The number of hydrogen-bond donors (Lipinski definition) is 1. The molecule has 2 aromatic rings. The van der Waals surface area contributed by atoms with Gasteiger partial charge in [0.15, 0.2) is 0 Å². The highest BCUT2D eigenvalue weighted by atomic mass is 16.7. The number of para-hydroxylation sites is 1. The Morgan fingerprint density at radius 3 is 1.91 bits per heavy atom. The zero-order valence-corrected chi connectivity index (χ0v) is 20.9. The van der Waals surface area contributed by atoms with E-state index in [0.29, 0.717) is 0 Å². The molecule has 0 unspecified atom stereocenters. The van der Waals surface area contributed by atoms with Gasteiger partial charge in [-0.05, 0) is 64.3 Å². The molecule has 1 fully saturated rings. The summed E-state index contributed by atoms with van der Waals surface area (Å²) in [6, 6.07) is 17.1. The molecule has 3 nitrogen and oxygen atoms in total. The summed E-state index contributed by atoms with van der Waals surface area (Å²) in [4.78, 5) is 0. The first-order valence-electron chi connectivity index (χ1n) is 12.6. The molecule has 1 heterocycles. The van der Waals surface area contributed by atoms with Gasteiger partial charge in [-0.15, -0.1) is 0 Å². The van der Waals surface area contributed by atoms with E-state index in [-0.39, 0.29) is 18.3 Å². The van der Waals surface area contributed by atoms with Gasteiger partial charge in [0.2, 0.25) is 0 Å². The molecule has 174 valence electrons. The molecule has 1 N–H and O–H groups in total. The predicted octanol–water partition coefficient (Wildman–Crippen LogP) is 7.41. The van der Waals surface area contributed by atoms with Crippen molar-refractivity contribution in [2.24, 2.45) is 0 Å². The van der Waals surface area contributed by atoms with Crippen LogP contribution in [0, 0.1) is 0 Å². The summed E-state index contributed by atoms with van der Waals surface area (Å²) < 4.78 is 12.6. The molecule has 3 rings (SSSR count). The van der Waals surface area contributed by atoms with E-state index in [2.05, 4.69) is 76.3 Å². The zero-order chi connectivity index (χ0) is 23.0. The summed E-state index contributed by atoms with van der Waals surface area (Å²) in [5.41, 5.74) is 3.88. The fourth-order valence-electron chi connectivity index (χ4n) is 4.16. The highest BCUT2D eigenvalue weighted by molar-refractivity contribution is 6.64. The maximum atomic E-state index is 6.28. The van der Waals surface area contributed by atoms with Gasteiger partial charge in [-0.3, -0.25) is 0 Å². The third kappa shape index (κ3) is 6.62. The monoisotopic (exact) mass is 435 g/mol. The Hall–Kier alpha value is -1.78. The van der Waals surface area contributed by atoms with Gasteiger partial charge in [0.1, 0.15) is 0 Å². The van der Waals surface area contributed by atoms with Crippen LogP contribution in [0.25, 0.3) is 0 Å². The molecule has 1 saturated heterocycles. The van der Waals surface area contributed by atoms with Gasteiger partial charge in [0.05, 0.1) is 11.2 Å². The largest absolute Gasteiger partial charge is 0.496 e. The minimum Gasteiger partial charge on any atom is -0.399 e. The van der Waals surface area contributed by atoms with Crippen LogP contribution in [-0.4, -0.2) is 18.3 Å². The zero-order valence-electron chi connectivity index (χ0n) is 20.9. The van der Waals surface area contributed by atoms with Crippen LogP contribution in [0.3, 0.4) is 0 Å². The van der Waals surface area contributed by atoms with Crippen molar-refractivity contribution in [1.29, 1.82) is 0 Å². The van der Waals surface area contributed by atoms with Crippen molar-refractivity contribution in [3.8, 4) is 0 Å². The van der Waals surface area contributed by atoms with Crippen molar-refractivity contribution in [3.63, 3.8) is 0 Å². The maximum absolute atomic E-state index is 6.28. The Morgan fingerprint density at radius 1 is 0.719 bits per heavy atom. The Kier molecular flexibility index (Phi) is 8.84. The molecule has 0 bridgehead atoms. The van der Waals surface area contributed by atoms with E-state index < -0.39 is 0 Å². The van der Waals surface area contributed by atoms with Gasteiger partial charge in [0, 0.05) is 16.8 Å². The molecular formula is C28H42BNO2. The van der Waals surface area contributed by atoms with E-state index in [9.17, 15) is 0 Å². The fourth-order valence-corrected chi connectivity index (χ4v) is 4.16. The van der Waals surface area contributed by atoms with E-state index in [1.807, 2.05) is 12.1 Å². The summed E-state index contributed by atoms with van der Waals surface area (Å²) >= 11 is 0. The van der Waals surface area contributed by atoms with Gasteiger partial charge in [-0.2, -0.15) is 0 Å². The Morgan fingerprint density at radius 2 is 1.28 bits per heavy atom. The van der Waals surface area contributed by atoms with E-state index in [4.69, 9.17) is 9.31 Å². The van der Waals surface area contributed by atoms with Gasteiger partial charge < -0.3 is 14.6 Å². The second kappa shape index (κ2) is 11.4. The van der Waals surface area contributed by atoms with Crippen LogP contribution in [0.2, 0.25) is 0 Å². The quantitative estimate of drug-likeness (QED) is 0.278. The molecule has 0 amide bonds. The summed E-state index contributed by atoms with van der Waals surface area (Å²) in [5.74, 6) is 0. The van der Waals surface area contributed by atoms with Crippen LogP contribution in [0.1, 0.15) is 91.5 Å². The average molecular weight is 435 g/mol. The van der Waals surface area contributed by atoms with Crippen molar-refractivity contribution >= 4 is 24.0 Å². The average Bonchev–Trinajstić information content (AvgIpc) is 2.98. The smallest absolute Gasteiger partial charge is 0.399 e. The van der Waals surface area contributed by atoms with Crippen LogP contribution in [0.4, 0.5) is 11.4 Å². The molecule has 1 aliphatic rings. The van der Waals surface area contributed by atoms with Crippen LogP contribution in [0.15, 0.2) is 48.5 Å². The van der Waals surface area contributed by atoms with E-state index >= 15 is 0 Å². The lowest BCUT2D eigenvalue weighted by Gasteiger charge is -2.32. The number of benzene rings is 2. The Bertz CT molecular complexity index is 816. The third-order valence-corrected chi connectivity index (χ3v) is 7.02. The second-order valence-corrected chi connectivity index (χ2v) is 10.2. The molecule has 0 aliphatic carbocycles. The Labute approximate surface area is 196 Å². The van der Waals surface area contributed by atoms with Gasteiger partial charge >= 0.3 is 7.12 Å². The Balaban J connectivity index is 1.51. The van der Waals surface area contributed by atoms with Crippen molar-refractivity contribution in [2.75, 3.05) is 5.32 Å². The van der Waals surface area contributed by atoms with Crippen LogP contribution in [0.5, 0.6) is 0 Å². The predicted molar refractivity (Wildman–Crippen MR) is 138 cm³/mol. The number of nitrogens with one attached hydrogen (secondary N) is 1. The van der Waals surface area contributed by atoms with Crippen molar-refractivity contribution in [2.45, 2.75) is 104 Å². The summed E-state index contributed by atoms with van der Waals surface area (Å²) in [5, 5.41) is 3.57. The van der Waals surface area contributed by atoms with Gasteiger partial charge in [-0.25, -0.2) is 0 Å². The number of hydrogen-bond acceptors (Lipinski definition) is 3. The lowest BCUT2D eigenvalue weighted by Crippen LogP contribution is -2.41. The number of unbranched alkanes of at least 4 members (excludes halogenated alkanes) is 7. The number of aryl methyl sites for hydroxylation is 1. The standard InChI is InChI=1S/C28H42BNO2/c1-6-7-8-9-10-11-12-13-16-23-19-21-24(22-20-23)30-26-18-15-14-17-25(26)29-31-27(2,3)28(4,5)32-29/h14-15,17-22,30H,6-13,16H2,1-5H3. The van der Waals surface area contributed by atoms with Gasteiger partial charge in [0.25, 0.3) is 0 Å². The molecule has 0 spiro atoms. The molecule has 0 atom stereocenters. The SMILES string of the molecule is CCCCCCCCCCc1ccc(Nc2ccccc2B2OC(C)(C)C(C)(C)O2)cc1. The molecule has 0 aromatic heterocycles.